The summed E-state index contributed by atoms with van der Waals surface area (Å²) in [6, 6.07) is 18.7. The first-order chi connectivity index (χ1) is 17.9. The van der Waals surface area contributed by atoms with Gasteiger partial charge in [0.2, 0.25) is 11.8 Å². The van der Waals surface area contributed by atoms with Crippen molar-refractivity contribution >= 4 is 50.7 Å². The van der Waals surface area contributed by atoms with E-state index in [4.69, 9.17) is 23.2 Å². The average molecular weight is 577 g/mol. The number of carbonyl (C=O) groups is 2. The van der Waals surface area contributed by atoms with Crippen LogP contribution in [0.25, 0.3) is 0 Å². The zero-order valence-electron chi connectivity index (χ0n) is 21.7. The Morgan fingerprint density at radius 1 is 0.895 bits per heavy atom. The van der Waals surface area contributed by atoms with Gasteiger partial charge in [-0.1, -0.05) is 59.6 Å². The van der Waals surface area contributed by atoms with Gasteiger partial charge in [-0.05, 0) is 75.2 Å². The average Bonchev–Trinajstić information content (AvgIpc) is 2.88. The molecule has 3 aromatic carbocycles. The molecule has 0 spiro atoms. The van der Waals surface area contributed by atoms with Gasteiger partial charge in [0.15, 0.2) is 0 Å². The van der Waals surface area contributed by atoms with Crippen molar-refractivity contribution in [2.75, 3.05) is 10.8 Å². The number of benzene rings is 3. The van der Waals surface area contributed by atoms with Crippen LogP contribution < -0.4 is 9.62 Å². The third kappa shape index (κ3) is 7.07. The highest BCUT2D eigenvalue weighted by Crippen LogP contribution is 2.31. The number of amides is 2. The number of halogens is 2. The van der Waals surface area contributed by atoms with Gasteiger partial charge in [0.25, 0.3) is 10.0 Å². The molecule has 0 aliphatic carbocycles. The Bertz CT molecular complexity index is 1380. The summed E-state index contributed by atoms with van der Waals surface area (Å²) in [5.74, 6) is -0.899. The zero-order chi connectivity index (χ0) is 28.0. The topological polar surface area (TPSA) is 86.8 Å². The van der Waals surface area contributed by atoms with Gasteiger partial charge in [-0.15, -0.1) is 0 Å². The summed E-state index contributed by atoms with van der Waals surface area (Å²) < 4.78 is 28.7. The molecule has 0 unspecified atom stereocenters. The molecule has 0 radical (unpaired) electrons. The molecule has 202 valence electrons. The van der Waals surface area contributed by atoms with Crippen molar-refractivity contribution in [2.24, 2.45) is 0 Å². The van der Waals surface area contributed by atoms with Gasteiger partial charge in [-0.2, -0.15) is 0 Å². The number of hydrogen-bond acceptors (Lipinski definition) is 4. The first kappa shape index (κ1) is 29.5. The Kier molecular flexibility index (Phi) is 9.82. The molecule has 1 N–H and O–H groups in total. The largest absolute Gasteiger partial charge is 0.352 e. The lowest BCUT2D eigenvalue weighted by atomic mass is 10.1. The van der Waals surface area contributed by atoms with E-state index in [2.05, 4.69) is 5.32 Å². The monoisotopic (exact) mass is 575 g/mol. The third-order valence-corrected chi connectivity index (χ3v) is 8.42. The van der Waals surface area contributed by atoms with E-state index in [0.29, 0.717) is 15.6 Å². The van der Waals surface area contributed by atoms with Crippen LogP contribution in [-0.2, 0) is 26.2 Å². The zero-order valence-corrected chi connectivity index (χ0v) is 24.0. The van der Waals surface area contributed by atoms with Crippen molar-refractivity contribution in [2.45, 2.75) is 51.2 Å². The highest BCUT2D eigenvalue weighted by Gasteiger charge is 2.33. The van der Waals surface area contributed by atoms with Crippen LogP contribution in [0.5, 0.6) is 0 Å². The maximum absolute atomic E-state index is 13.9. The number of anilines is 1. The van der Waals surface area contributed by atoms with E-state index in [-0.39, 0.29) is 29.1 Å². The van der Waals surface area contributed by atoms with Crippen LogP contribution in [0.15, 0.2) is 77.7 Å². The van der Waals surface area contributed by atoms with Crippen LogP contribution in [0.4, 0.5) is 5.69 Å². The first-order valence-corrected chi connectivity index (χ1v) is 14.3. The molecule has 1 atom stereocenters. The molecule has 0 bridgehead atoms. The normalized spacial score (nSPS) is 12.2. The third-order valence-electron chi connectivity index (χ3n) is 5.98. The molecule has 0 saturated heterocycles. The molecular formula is C28H31Cl2N3O4S. The molecule has 0 aliphatic heterocycles. The summed E-state index contributed by atoms with van der Waals surface area (Å²) in [6.45, 7) is 6.51. The second kappa shape index (κ2) is 12.7. The first-order valence-electron chi connectivity index (χ1n) is 12.1. The minimum absolute atomic E-state index is 0.0297. The SMILES string of the molecule is Cc1c(Cl)cccc1N(CC(=O)N(Cc1ccc(Cl)cc1)[C@H](C)C(=O)NC(C)C)S(=O)(=O)c1ccccc1. The lowest BCUT2D eigenvalue weighted by molar-refractivity contribution is -0.139. The Labute approximate surface area is 234 Å². The quantitative estimate of drug-likeness (QED) is 0.348. The molecule has 0 heterocycles. The summed E-state index contributed by atoms with van der Waals surface area (Å²) in [5.41, 5.74) is 1.53. The fourth-order valence-electron chi connectivity index (χ4n) is 3.87. The predicted molar refractivity (Wildman–Crippen MR) is 152 cm³/mol. The van der Waals surface area contributed by atoms with Crippen LogP contribution in [-0.4, -0.2) is 43.8 Å². The molecule has 0 saturated carbocycles. The molecule has 0 aliphatic rings. The van der Waals surface area contributed by atoms with Gasteiger partial charge in [-0.3, -0.25) is 13.9 Å². The summed E-state index contributed by atoms with van der Waals surface area (Å²) in [7, 11) is -4.16. The molecule has 2 amide bonds. The maximum Gasteiger partial charge on any atom is 0.264 e. The van der Waals surface area contributed by atoms with Crippen molar-refractivity contribution in [1.29, 1.82) is 0 Å². The van der Waals surface area contributed by atoms with Crippen molar-refractivity contribution in [3.63, 3.8) is 0 Å². The van der Waals surface area contributed by atoms with E-state index in [1.54, 1.807) is 74.5 Å². The molecule has 0 aromatic heterocycles. The van der Waals surface area contributed by atoms with E-state index in [9.17, 15) is 18.0 Å². The van der Waals surface area contributed by atoms with E-state index in [0.717, 1.165) is 9.87 Å². The number of nitrogens with one attached hydrogen (secondary N) is 1. The van der Waals surface area contributed by atoms with Crippen LogP contribution in [0.1, 0.15) is 31.9 Å². The fourth-order valence-corrected chi connectivity index (χ4v) is 5.66. The molecule has 38 heavy (non-hydrogen) atoms. The van der Waals surface area contributed by atoms with Gasteiger partial charge in [0.1, 0.15) is 12.6 Å². The summed E-state index contributed by atoms with van der Waals surface area (Å²) in [4.78, 5) is 28.2. The van der Waals surface area contributed by atoms with Crippen molar-refractivity contribution in [3.05, 3.63) is 94.0 Å². The van der Waals surface area contributed by atoms with Crippen LogP contribution >= 0.6 is 23.2 Å². The van der Waals surface area contributed by atoms with Crippen molar-refractivity contribution < 1.29 is 18.0 Å². The van der Waals surface area contributed by atoms with E-state index < -0.39 is 28.5 Å². The Morgan fingerprint density at radius 3 is 2.13 bits per heavy atom. The van der Waals surface area contributed by atoms with Gasteiger partial charge in [0.05, 0.1) is 10.6 Å². The van der Waals surface area contributed by atoms with E-state index in [1.165, 1.54) is 17.0 Å². The molecular weight excluding hydrogens is 545 g/mol. The highest BCUT2D eigenvalue weighted by molar-refractivity contribution is 7.92. The van der Waals surface area contributed by atoms with Gasteiger partial charge < -0.3 is 10.2 Å². The number of carbonyl (C=O) groups excluding carboxylic acids is 2. The minimum atomic E-state index is -4.16. The second-order valence-corrected chi connectivity index (χ2v) is 11.9. The smallest absolute Gasteiger partial charge is 0.264 e. The van der Waals surface area contributed by atoms with Crippen molar-refractivity contribution in [3.8, 4) is 0 Å². The van der Waals surface area contributed by atoms with Gasteiger partial charge >= 0.3 is 0 Å². The molecule has 10 heteroatoms. The summed E-state index contributed by atoms with van der Waals surface area (Å²) in [6.07, 6.45) is 0. The Balaban J connectivity index is 2.06. The lowest BCUT2D eigenvalue weighted by Crippen LogP contribution is -2.52. The van der Waals surface area contributed by atoms with Gasteiger partial charge in [0, 0.05) is 22.6 Å². The molecule has 0 fully saturated rings. The van der Waals surface area contributed by atoms with E-state index >= 15 is 0 Å². The highest BCUT2D eigenvalue weighted by atomic mass is 35.5. The van der Waals surface area contributed by atoms with Crippen LogP contribution in [0.3, 0.4) is 0 Å². The van der Waals surface area contributed by atoms with Gasteiger partial charge in [-0.25, -0.2) is 8.42 Å². The van der Waals surface area contributed by atoms with E-state index in [1.807, 2.05) is 13.8 Å². The Hall–Kier alpha value is -3.07. The number of hydrogen-bond donors (Lipinski definition) is 1. The standard InChI is InChI=1S/C28H31Cl2N3O4S/c1-19(2)31-28(35)21(4)32(17-22-13-15-23(29)16-14-22)27(34)18-33(26-12-8-11-25(30)20(26)3)38(36,37)24-9-6-5-7-10-24/h5-16,19,21H,17-18H2,1-4H3,(H,31,35)/t21-/m1/s1. The minimum Gasteiger partial charge on any atom is -0.352 e. The fraction of sp³-hybridized carbons (Fsp3) is 0.286. The maximum atomic E-state index is 13.9. The lowest BCUT2D eigenvalue weighted by Gasteiger charge is -2.32. The number of nitrogens with zero attached hydrogens (tertiary/aromatic N) is 2. The van der Waals surface area contributed by atoms with Crippen molar-refractivity contribution in [1.82, 2.24) is 10.2 Å². The molecule has 3 aromatic rings. The van der Waals surface area contributed by atoms with Crippen LogP contribution in [0, 0.1) is 6.92 Å². The molecule has 3 rings (SSSR count). The second-order valence-electron chi connectivity index (χ2n) is 9.20. The number of rotatable bonds is 10. The number of sulfonamides is 1. The summed E-state index contributed by atoms with van der Waals surface area (Å²) >= 11 is 12.4. The van der Waals surface area contributed by atoms with Crippen LogP contribution in [0.2, 0.25) is 10.0 Å². The predicted octanol–water partition coefficient (Wildman–Crippen LogP) is 5.44. The molecule has 7 nitrogen and oxygen atoms in total. The Morgan fingerprint density at radius 2 is 1.53 bits per heavy atom. The summed E-state index contributed by atoms with van der Waals surface area (Å²) in [5, 5.41) is 3.73.